The van der Waals surface area contributed by atoms with Crippen LogP contribution in [0.25, 0.3) is 0 Å². The van der Waals surface area contributed by atoms with Gasteiger partial charge in [-0.1, -0.05) is 18.8 Å². The average Bonchev–Trinajstić information content (AvgIpc) is 2.87. The molecule has 0 amide bonds. The molecule has 1 saturated carbocycles. The van der Waals surface area contributed by atoms with Gasteiger partial charge in [-0.2, -0.15) is 0 Å². The number of ether oxygens (including phenoxy) is 1. The molecule has 0 bridgehead atoms. The lowest BCUT2D eigenvalue weighted by atomic mass is 9.87. The fraction of sp³-hybridized carbons (Fsp3) is 0.786. The van der Waals surface area contributed by atoms with Gasteiger partial charge < -0.3 is 4.74 Å². The molecule has 0 N–H and O–H groups in total. The number of rotatable bonds is 3. The van der Waals surface area contributed by atoms with Gasteiger partial charge in [0.1, 0.15) is 0 Å². The van der Waals surface area contributed by atoms with Gasteiger partial charge in [-0.05, 0) is 19.8 Å². The quantitative estimate of drug-likeness (QED) is 0.696. The lowest BCUT2D eigenvalue weighted by molar-refractivity contribution is -0.133. The van der Waals surface area contributed by atoms with Crippen LogP contribution >= 0.6 is 0 Å². The highest BCUT2D eigenvalue weighted by atomic mass is 16.5. The second-order valence-electron chi connectivity index (χ2n) is 4.86. The summed E-state index contributed by atoms with van der Waals surface area (Å²) in [6.45, 7) is 5.10. The van der Waals surface area contributed by atoms with Crippen LogP contribution in [0.5, 0.6) is 0 Å². The van der Waals surface area contributed by atoms with Crippen LogP contribution in [0.4, 0.5) is 0 Å². The zero-order valence-electron chi connectivity index (χ0n) is 10.6. The van der Waals surface area contributed by atoms with E-state index in [0.717, 1.165) is 39.1 Å². The molecule has 2 fully saturated rings. The molecule has 2 aliphatic rings. The molecule has 3 nitrogen and oxygen atoms in total. The van der Waals surface area contributed by atoms with Crippen LogP contribution in [0.1, 0.15) is 39.0 Å². The normalized spacial score (nSPS) is 24.1. The van der Waals surface area contributed by atoms with Gasteiger partial charge in [-0.15, -0.1) is 5.92 Å². The molecule has 0 aromatic rings. The van der Waals surface area contributed by atoms with Gasteiger partial charge in [0.2, 0.25) is 0 Å². The van der Waals surface area contributed by atoms with Crippen LogP contribution in [-0.4, -0.2) is 42.5 Å². The van der Waals surface area contributed by atoms with Crippen molar-refractivity contribution in [3.63, 3.8) is 0 Å². The minimum Gasteiger partial charge on any atom is -0.379 e. The van der Waals surface area contributed by atoms with Crippen LogP contribution in [0.2, 0.25) is 0 Å². The van der Waals surface area contributed by atoms with Crippen molar-refractivity contribution in [2.75, 3.05) is 26.3 Å². The van der Waals surface area contributed by atoms with E-state index >= 15 is 0 Å². The fourth-order valence-electron chi connectivity index (χ4n) is 3.06. The Balaban J connectivity index is 2.12. The van der Waals surface area contributed by atoms with Crippen LogP contribution < -0.4 is 0 Å². The third-order valence-corrected chi connectivity index (χ3v) is 3.99. The van der Waals surface area contributed by atoms with Crippen molar-refractivity contribution < 1.29 is 9.53 Å². The van der Waals surface area contributed by atoms with E-state index in [1.165, 1.54) is 12.8 Å². The lowest BCUT2D eigenvalue weighted by Gasteiger charge is -2.41. The number of Topliss-reactive ketones (excluding diaryl/α,β-unsaturated/α-hetero) is 1. The van der Waals surface area contributed by atoms with Gasteiger partial charge in [0.05, 0.1) is 25.2 Å². The summed E-state index contributed by atoms with van der Waals surface area (Å²) < 4.78 is 5.38. The summed E-state index contributed by atoms with van der Waals surface area (Å²) >= 11 is 0. The molecule has 0 spiro atoms. The van der Waals surface area contributed by atoms with Gasteiger partial charge >= 0.3 is 0 Å². The first-order chi connectivity index (χ1) is 8.29. The van der Waals surface area contributed by atoms with Crippen LogP contribution in [-0.2, 0) is 9.53 Å². The first kappa shape index (κ1) is 12.6. The smallest absolute Gasteiger partial charge is 0.164 e. The number of hydrogen-bond donors (Lipinski definition) is 0. The molecule has 1 aliphatic carbocycles. The van der Waals surface area contributed by atoms with Crippen LogP contribution in [0.3, 0.4) is 0 Å². The minimum absolute atomic E-state index is 0.215. The summed E-state index contributed by atoms with van der Waals surface area (Å²) in [5.74, 6) is 6.08. The maximum atomic E-state index is 12.4. The maximum Gasteiger partial charge on any atom is 0.164 e. The SMILES string of the molecule is CC#CCC(=O)C1(N2CCOCC2)CCCC1. The van der Waals surface area contributed by atoms with E-state index in [4.69, 9.17) is 4.74 Å². The topological polar surface area (TPSA) is 29.5 Å². The number of carbonyl (C=O) groups is 1. The van der Waals surface area contributed by atoms with Crippen LogP contribution in [0.15, 0.2) is 0 Å². The van der Waals surface area contributed by atoms with Crippen molar-refractivity contribution in [3.05, 3.63) is 0 Å². The summed E-state index contributed by atoms with van der Waals surface area (Å²) in [5, 5.41) is 0. The molecule has 1 aliphatic heterocycles. The third kappa shape index (κ3) is 2.53. The Morgan fingerprint density at radius 2 is 1.94 bits per heavy atom. The Hall–Kier alpha value is -0.850. The van der Waals surface area contributed by atoms with E-state index in [-0.39, 0.29) is 5.54 Å². The summed E-state index contributed by atoms with van der Waals surface area (Å²) in [6, 6.07) is 0. The summed E-state index contributed by atoms with van der Waals surface area (Å²) in [7, 11) is 0. The maximum absolute atomic E-state index is 12.4. The predicted octanol–water partition coefficient (Wildman–Crippen LogP) is 1.61. The van der Waals surface area contributed by atoms with Crippen molar-refractivity contribution in [1.29, 1.82) is 0 Å². The van der Waals surface area contributed by atoms with E-state index < -0.39 is 0 Å². The highest BCUT2D eigenvalue weighted by Gasteiger charge is 2.45. The zero-order valence-corrected chi connectivity index (χ0v) is 10.6. The van der Waals surface area contributed by atoms with Crippen molar-refractivity contribution in [1.82, 2.24) is 4.90 Å². The van der Waals surface area contributed by atoms with Gasteiger partial charge in [0.25, 0.3) is 0 Å². The zero-order chi connectivity index (χ0) is 12.1. The Morgan fingerprint density at radius 3 is 2.53 bits per heavy atom. The average molecular weight is 235 g/mol. The number of hydrogen-bond acceptors (Lipinski definition) is 3. The molecule has 0 aromatic carbocycles. The van der Waals surface area contributed by atoms with Crippen molar-refractivity contribution in [3.8, 4) is 11.8 Å². The molecule has 94 valence electrons. The van der Waals surface area contributed by atoms with E-state index in [9.17, 15) is 4.79 Å². The number of nitrogens with zero attached hydrogens (tertiary/aromatic N) is 1. The molecular formula is C14H21NO2. The largest absolute Gasteiger partial charge is 0.379 e. The van der Waals surface area contributed by atoms with Gasteiger partial charge in [-0.25, -0.2) is 0 Å². The van der Waals surface area contributed by atoms with E-state index in [2.05, 4.69) is 16.7 Å². The van der Waals surface area contributed by atoms with Crippen molar-refractivity contribution in [2.24, 2.45) is 0 Å². The standard InChI is InChI=1S/C14H21NO2/c1-2-3-6-13(16)14(7-4-5-8-14)15-9-11-17-12-10-15/h4-12H2,1H3. The molecule has 3 heteroatoms. The van der Waals surface area contributed by atoms with E-state index in [1.54, 1.807) is 6.92 Å². The van der Waals surface area contributed by atoms with Gasteiger partial charge in [0, 0.05) is 13.1 Å². The summed E-state index contributed by atoms with van der Waals surface area (Å²) in [5.41, 5.74) is -0.215. The second kappa shape index (κ2) is 5.66. The Morgan fingerprint density at radius 1 is 1.29 bits per heavy atom. The molecule has 0 atom stereocenters. The first-order valence-corrected chi connectivity index (χ1v) is 6.55. The highest BCUT2D eigenvalue weighted by molar-refractivity contribution is 5.90. The Bertz CT molecular complexity index is 328. The van der Waals surface area contributed by atoms with E-state index in [0.29, 0.717) is 12.2 Å². The number of ketones is 1. The summed E-state index contributed by atoms with van der Waals surface area (Å²) in [4.78, 5) is 14.8. The molecule has 2 rings (SSSR count). The molecule has 0 radical (unpaired) electrons. The molecule has 0 unspecified atom stereocenters. The second-order valence-corrected chi connectivity index (χ2v) is 4.86. The van der Waals surface area contributed by atoms with Crippen molar-refractivity contribution in [2.45, 2.75) is 44.6 Å². The Labute approximate surface area is 104 Å². The third-order valence-electron chi connectivity index (χ3n) is 3.99. The van der Waals surface area contributed by atoms with Gasteiger partial charge in [0.15, 0.2) is 5.78 Å². The molecular weight excluding hydrogens is 214 g/mol. The fourth-order valence-corrected chi connectivity index (χ4v) is 3.06. The first-order valence-electron chi connectivity index (χ1n) is 6.55. The van der Waals surface area contributed by atoms with Crippen molar-refractivity contribution >= 4 is 5.78 Å². The number of carbonyl (C=O) groups excluding carboxylic acids is 1. The Kier molecular flexibility index (Phi) is 4.20. The van der Waals surface area contributed by atoms with E-state index in [1.807, 2.05) is 0 Å². The molecule has 1 heterocycles. The number of morpholine rings is 1. The van der Waals surface area contributed by atoms with Crippen LogP contribution in [0, 0.1) is 11.8 Å². The molecule has 0 aromatic heterocycles. The monoisotopic (exact) mass is 235 g/mol. The molecule has 1 saturated heterocycles. The minimum atomic E-state index is -0.215. The highest BCUT2D eigenvalue weighted by Crippen LogP contribution is 2.37. The van der Waals surface area contributed by atoms with Gasteiger partial charge in [-0.3, -0.25) is 9.69 Å². The predicted molar refractivity (Wildman–Crippen MR) is 66.7 cm³/mol. The lowest BCUT2D eigenvalue weighted by Crippen LogP contribution is -2.56. The summed E-state index contributed by atoms with van der Waals surface area (Å²) in [6.07, 6.45) is 4.77. The molecule has 17 heavy (non-hydrogen) atoms.